The molecule has 0 amide bonds. The molecule has 1 aromatic heterocycles. The van der Waals surface area contributed by atoms with Gasteiger partial charge < -0.3 is 29.2 Å². The summed E-state index contributed by atoms with van der Waals surface area (Å²) >= 11 is 0. The standard InChI is InChI=1S/C23H26N4O6/c1-27-5-4-14(12-27)33-20-11-18(28)17(9-19(20)29)26-23-15-8-21(31-3)22(32-7-6-30-2)10-16(15)24-13-25-23/h8-11,13-14H,4-7,12H2,1-3H3,(H,24,25,26). The molecule has 1 aliphatic heterocycles. The number of likely N-dealkylation sites (N-methyl/N-ethyl adjacent to an activating group) is 1. The summed E-state index contributed by atoms with van der Waals surface area (Å²) in [6.45, 7) is 2.40. The average Bonchev–Trinajstić information content (AvgIpc) is 3.21. The first kappa shape index (κ1) is 22.7. The highest BCUT2D eigenvalue weighted by Crippen LogP contribution is 2.34. The van der Waals surface area contributed by atoms with Crippen LogP contribution in [0.25, 0.3) is 10.9 Å². The summed E-state index contributed by atoms with van der Waals surface area (Å²) in [6, 6.07) is 3.44. The Labute approximate surface area is 191 Å². The Bertz CT molecular complexity index is 1130. The Kier molecular flexibility index (Phi) is 6.85. The van der Waals surface area contributed by atoms with Crippen LogP contribution in [-0.2, 0) is 19.1 Å². The molecule has 1 N–H and O–H groups in total. The lowest BCUT2D eigenvalue weighted by Gasteiger charge is -2.19. The van der Waals surface area contributed by atoms with Crippen LogP contribution in [0.4, 0.5) is 5.82 Å². The fourth-order valence-electron chi connectivity index (χ4n) is 3.70. The zero-order valence-corrected chi connectivity index (χ0v) is 18.8. The number of hydrogen-bond acceptors (Lipinski definition) is 10. The molecule has 1 saturated heterocycles. The Hall–Kier alpha value is -3.50. The molecule has 1 atom stereocenters. The number of carbonyl (C=O) groups is 2. The van der Waals surface area contributed by atoms with E-state index in [0.29, 0.717) is 41.4 Å². The third-order valence-corrected chi connectivity index (χ3v) is 5.41. The van der Waals surface area contributed by atoms with Crippen molar-refractivity contribution in [1.82, 2.24) is 14.9 Å². The minimum absolute atomic E-state index is 0.0675. The summed E-state index contributed by atoms with van der Waals surface area (Å²) in [5, 5.41) is 3.57. The molecule has 0 bridgehead atoms. The highest BCUT2D eigenvalue weighted by molar-refractivity contribution is 6.20. The van der Waals surface area contributed by atoms with Gasteiger partial charge in [-0.25, -0.2) is 9.97 Å². The number of allylic oxidation sites excluding steroid dienone is 2. The summed E-state index contributed by atoms with van der Waals surface area (Å²) in [7, 11) is 5.11. The summed E-state index contributed by atoms with van der Waals surface area (Å²) < 4.78 is 21.9. The van der Waals surface area contributed by atoms with Crippen molar-refractivity contribution in [2.75, 3.05) is 52.9 Å². The Morgan fingerprint density at radius 1 is 1.09 bits per heavy atom. The number of aromatic nitrogens is 2. The smallest absolute Gasteiger partial charge is 0.222 e. The number of nitrogens with one attached hydrogen (secondary N) is 1. The third kappa shape index (κ3) is 5.12. The molecule has 2 heterocycles. The number of hydrogen-bond donors (Lipinski definition) is 1. The molecule has 33 heavy (non-hydrogen) atoms. The van der Waals surface area contributed by atoms with Gasteiger partial charge in [-0.2, -0.15) is 0 Å². The molecule has 174 valence electrons. The maximum Gasteiger partial charge on any atom is 0.222 e. The van der Waals surface area contributed by atoms with E-state index in [1.165, 1.54) is 25.6 Å². The average molecular weight is 454 g/mol. The zero-order valence-electron chi connectivity index (χ0n) is 18.8. The summed E-state index contributed by atoms with van der Waals surface area (Å²) in [5.74, 6) is 0.693. The number of fused-ring (bicyclic) bond motifs is 1. The van der Waals surface area contributed by atoms with Crippen LogP contribution < -0.4 is 14.8 Å². The van der Waals surface area contributed by atoms with Crippen molar-refractivity contribution in [2.24, 2.45) is 0 Å². The first-order chi connectivity index (χ1) is 16.0. The van der Waals surface area contributed by atoms with Crippen LogP contribution in [0.5, 0.6) is 11.5 Å². The number of methoxy groups -OCH3 is 2. The SMILES string of the molecule is COCCOc1cc2ncnc(NC3=CC(=O)C(OC4CCN(C)C4)=CC3=O)c2cc1OC. The maximum atomic E-state index is 12.7. The summed E-state index contributed by atoms with van der Waals surface area (Å²) in [5.41, 5.74) is 0.691. The van der Waals surface area contributed by atoms with E-state index in [1.54, 1.807) is 19.2 Å². The van der Waals surface area contributed by atoms with E-state index in [-0.39, 0.29) is 29.1 Å². The number of nitrogens with zero attached hydrogens (tertiary/aromatic N) is 3. The van der Waals surface area contributed by atoms with Gasteiger partial charge in [-0.1, -0.05) is 0 Å². The lowest BCUT2D eigenvalue weighted by atomic mass is 10.1. The van der Waals surface area contributed by atoms with Crippen molar-refractivity contribution in [3.8, 4) is 11.5 Å². The molecule has 2 aromatic rings. The van der Waals surface area contributed by atoms with Crippen LogP contribution in [0.3, 0.4) is 0 Å². The van der Waals surface area contributed by atoms with Gasteiger partial charge in [-0.3, -0.25) is 9.59 Å². The van der Waals surface area contributed by atoms with Gasteiger partial charge in [0.1, 0.15) is 24.9 Å². The van der Waals surface area contributed by atoms with Gasteiger partial charge >= 0.3 is 0 Å². The lowest BCUT2D eigenvalue weighted by molar-refractivity contribution is -0.118. The molecular formula is C23H26N4O6. The fraction of sp³-hybridized carbons (Fsp3) is 0.391. The number of likely N-dealkylation sites (tertiary alicyclic amines) is 1. The van der Waals surface area contributed by atoms with Gasteiger partial charge in [0, 0.05) is 43.8 Å². The van der Waals surface area contributed by atoms with E-state index >= 15 is 0 Å². The van der Waals surface area contributed by atoms with E-state index in [0.717, 1.165) is 19.5 Å². The van der Waals surface area contributed by atoms with Gasteiger partial charge in [0.2, 0.25) is 11.6 Å². The Balaban J connectivity index is 1.54. The molecule has 0 radical (unpaired) electrons. The highest BCUT2D eigenvalue weighted by Gasteiger charge is 2.28. The predicted molar refractivity (Wildman–Crippen MR) is 120 cm³/mol. The van der Waals surface area contributed by atoms with Crippen LogP contribution in [0, 0.1) is 0 Å². The first-order valence-electron chi connectivity index (χ1n) is 10.6. The van der Waals surface area contributed by atoms with E-state index in [4.69, 9.17) is 18.9 Å². The number of benzene rings is 1. The largest absolute Gasteiger partial charge is 0.493 e. The maximum absolute atomic E-state index is 12.7. The van der Waals surface area contributed by atoms with Crippen molar-refractivity contribution < 1.29 is 28.5 Å². The molecule has 2 aliphatic rings. The number of anilines is 1. The molecule has 1 aliphatic carbocycles. The van der Waals surface area contributed by atoms with Crippen LogP contribution in [-0.4, -0.2) is 80.1 Å². The van der Waals surface area contributed by atoms with Gasteiger partial charge in [-0.05, 0) is 19.5 Å². The predicted octanol–water partition coefficient (Wildman–Crippen LogP) is 1.72. The molecule has 10 heteroatoms. The molecular weight excluding hydrogens is 428 g/mol. The lowest BCUT2D eigenvalue weighted by Crippen LogP contribution is -2.24. The van der Waals surface area contributed by atoms with Crippen molar-refractivity contribution >= 4 is 28.3 Å². The second-order valence-corrected chi connectivity index (χ2v) is 7.79. The van der Waals surface area contributed by atoms with E-state index in [2.05, 4.69) is 20.2 Å². The van der Waals surface area contributed by atoms with E-state index < -0.39 is 0 Å². The molecule has 4 rings (SSSR count). The third-order valence-electron chi connectivity index (χ3n) is 5.41. The van der Waals surface area contributed by atoms with Crippen LogP contribution in [0.1, 0.15) is 6.42 Å². The van der Waals surface area contributed by atoms with Gasteiger partial charge in [-0.15, -0.1) is 0 Å². The number of ether oxygens (including phenoxy) is 4. The number of ketones is 2. The summed E-state index contributed by atoms with van der Waals surface area (Å²) in [4.78, 5) is 35.9. The minimum atomic E-state index is -0.366. The van der Waals surface area contributed by atoms with Crippen molar-refractivity contribution in [3.05, 3.63) is 42.1 Å². The topological polar surface area (TPSA) is 112 Å². The molecule has 0 saturated carbocycles. The Morgan fingerprint density at radius 2 is 1.94 bits per heavy atom. The zero-order chi connectivity index (χ0) is 23.4. The molecule has 10 nitrogen and oxygen atoms in total. The second-order valence-electron chi connectivity index (χ2n) is 7.79. The van der Waals surface area contributed by atoms with Gasteiger partial charge in [0.15, 0.2) is 17.3 Å². The molecule has 0 spiro atoms. The van der Waals surface area contributed by atoms with Gasteiger partial charge in [0.05, 0.1) is 24.9 Å². The Morgan fingerprint density at radius 3 is 2.67 bits per heavy atom. The molecule has 1 aromatic carbocycles. The molecule has 1 unspecified atom stereocenters. The van der Waals surface area contributed by atoms with Crippen LogP contribution in [0.15, 0.2) is 42.1 Å². The molecule has 1 fully saturated rings. The van der Waals surface area contributed by atoms with Crippen molar-refractivity contribution in [3.63, 3.8) is 0 Å². The van der Waals surface area contributed by atoms with E-state index in [1.807, 2.05) is 7.05 Å². The monoisotopic (exact) mass is 454 g/mol. The summed E-state index contributed by atoms with van der Waals surface area (Å²) in [6.07, 6.45) is 4.56. The van der Waals surface area contributed by atoms with Crippen LogP contribution >= 0.6 is 0 Å². The van der Waals surface area contributed by atoms with Crippen molar-refractivity contribution in [2.45, 2.75) is 12.5 Å². The first-order valence-corrected chi connectivity index (χ1v) is 10.6. The highest BCUT2D eigenvalue weighted by atomic mass is 16.5. The fourth-order valence-corrected chi connectivity index (χ4v) is 3.70. The van der Waals surface area contributed by atoms with Crippen molar-refractivity contribution in [1.29, 1.82) is 0 Å². The van der Waals surface area contributed by atoms with Crippen LogP contribution in [0.2, 0.25) is 0 Å². The number of rotatable bonds is 9. The normalized spacial score (nSPS) is 18.8. The number of carbonyl (C=O) groups excluding carboxylic acids is 2. The quantitative estimate of drug-likeness (QED) is 0.444. The second kappa shape index (κ2) is 9.97. The minimum Gasteiger partial charge on any atom is -0.493 e. The van der Waals surface area contributed by atoms with Gasteiger partial charge in [0.25, 0.3) is 0 Å². The van der Waals surface area contributed by atoms with E-state index in [9.17, 15) is 9.59 Å².